The van der Waals surface area contributed by atoms with Crippen LogP contribution in [0.15, 0.2) is 24.3 Å². The van der Waals surface area contributed by atoms with Crippen molar-refractivity contribution in [3.63, 3.8) is 0 Å². The van der Waals surface area contributed by atoms with E-state index in [0.717, 1.165) is 66.7 Å². The van der Waals surface area contributed by atoms with Gasteiger partial charge in [0, 0.05) is 59.3 Å². The van der Waals surface area contributed by atoms with Gasteiger partial charge in [0.25, 0.3) is 11.8 Å². The average Bonchev–Trinajstić information content (AvgIpc) is 3.68. The van der Waals surface area contributed by atoms with Crippen molar-refractivity contribution in [2.45, 2.75) is 57.2 Å². The predicted molar refractivity (Wildman–Crippen MR) is 151 cm³/mol. The van der Waals surface area contributed by atoms with E-state index in [-0.39, 0.29) is 29.7 Å². The van der Waals surface area contributed by atoms with Gasteiger partial charge in [0.15, 0.2) is 5.01 Å². The number of likely N-dealkylation sites (tertiary alicyclic amines) is 1. The number of nitrogens with one attached hydrogen (secondary N) is 3. The van der Waals surface area contributed by atoms with Crippen LogP contribution in [0.5, 0.6) is 0 Å². The van der Waals surface area contributed by atoms with Gasteiger partial charge in [0.05, 0.1) is 17.8 Å². The molecule has 1 saturated carbocycles. The summed E-state index contributed by atoms with van der Waals surface area (Å²) in [5.74, 6) is -0.281. The summed E-state index contributed by atoms with van der Waals surface area (Å²) < 4.78 is 0. The summed E-state index contributed by atoms with van der Waals surface area (Å²) in [7, 11) is 2.06. The number of hydrogen-bond donors (Lipinski definition) is 3. The molecule has 206 valence electrons. The molecular weight excluding hydrogens is 536 g/mol. The number of piperidine rings is 1. The van der Waals surface area contributed by atoms with E-state index < -0.39 is 6.04 Å². The monoisotopic (exact) mass is 568 g/mol. The molecule has 1 aliphatic carbocycles. The van der Waals surface area contributed by atoms with Gasteiger partial charge in [0.1, 0.15) is 5.69 Å². The number of aromatic amines is 1. The maximum Gasteiger partial charge on any atom is 0.280 e. The SMILES string of the molecule is CN1CCc2nc(C(=O)N[C@@H]3CN(C(=O)C4CCCC4)CC[C@@H]3NC(=O)c3cc4cc(Cl)ccc4[nH]3)sc2C1. The molecule has 11 heteroatoms. The largest absolute Gasteiger partial charge is 0.351 e. The number of thiazole rings is 1. The molecule has 2 aromatic heterocycles. The lowest BCUT2D eigenvalue weighted by molar-refractivity contribution is -0.136. The molecule has 1 saturated heterocycles. The molecule has 2 fully saturated rings. The highest BCUT2D eigenvalue weighted by atomic mass is 35.5. The van der Waals surface area contributed by atoms with Crippen LogP contribution in [-0.2, 0) is 17.8 Å². The number of halogens is 1. The summed E-state index contributed by atoms with van der Waals surface area (Å²) in [6.07, 6.45) is 5.41. The van der Waals surface area contributed by atoms with E-state index in [0.29, 0.717) is 35.2 Å². The Balaban J connectivity index is 1.20. The molecule has 0 spiro atoms. The Morgan fingerprint density at radius 2 is 1.85 bits per heavy atom. The summed E-state index contributed by atoms with van der Waals surface area (Å²) in [6.45, 7) is 2.63. The van der Waals surface area contributed by atoms with Crippen LogP contribution in [0.3, 0.4) is 0 Å². The van der Waals surface area contributed by atoms with Crippen molar-refractivity contribution in [3.8, 4) is 0 Å². The molecule has 0 radical (unpaired) electrons. The predicted octanol–water partition coefficient (Wildman–Crippen LogP) is 3.59. The number of hydrogen-bond acceptors (Lipinski definition) is 6. The third kappa shape index (κ3) is 5.55. The zero-order chi connectivity index (χ0) is 27.1. The fraction of sp³-hybridized carbons (Fsp3) is 0.500. The minimum atomic E-state index is -0.428. The smallest absolute Gasteiger partial charge is 0.280 e. The van der Waals surface area contributed by atoms with Crippen molar-refractivity contribution < 1.29 is 14.4 Å². The number of carbonyl (C=O) groups is 3. The van der Waals surface area contributed by atoms with Crippen molar-refractivity contribution >= 4 is 51.6 Å². The Labute approximate surface area is 236 Å². The maximum atomic E-state index is 13.4. The lowest BCUT2D eigenvalue weighted by atomic mass is 9.96. The van der Waals surface area contributed by atoms with E-state index in [9.17, 15) is 14.4 Å². The van der Waals surface area contributed by atoms with Crippen molar-refractivity contribution in [2.75, 3.05) is 26.7 Å². The van der Waals surface area contributed by atoms with E-state index in [1.165, 1.54) is 11.3 Å². The first kappa shape index (κ1) is 26.3. The molecule has 0 bridgehead atoms. The molecule has 2 atom stereocenters. The Morgan fingerprint density at radius 3 is 2.67 bits per heavy atom. The van der Waals surface area contributed by atoms with Crippen molar-refractivity contribution in [2.24, 2.45) is 5.92 Å². The van der Waals surface area contributed by atoms with Crippen LogP contribution in [0.2, 0.25) is 5.02 Å². The van der Waals surface area contributed by atoms with Gasteiger partial charge >= 0.3 is 0 Å². The number of rotatable bonds is 5. The third-order valence-corrected chi connectivity index (χ3v) is 9.52. The number of fused-ring (bicyclic) bond motifs is 2. The van der Waals surface area contributed by atoms with Crippen molar-refractivity contribution in [1.29, 1.82) is 0 Å². The Morgan fingerprint density at radius 1 is 1.05 bits per heavy atom. The summed E-state index contributed by atoms with van der Waals surface area (Å²) in [6, 6.07) is 6.45. The lowest BCUT2D eigenvalue weighted by Crippen LogP contribution is -2.61. The van der Waals surface area contributed by atoms with E-state index in [4.69, 9.17) is 11.6 Å². The van der Waals surface area contributed by atoms with Crippen LogP contribution in [0.25, 0.3) is 10.9 Å². The quantitative estimate of drug-likeness (QED) is 0.436. The van der Waals surface area contributed by atoms with Crippen LogP contribution in [0.1, 0.15) is 63.0 Å². The fourth-order valence-corrected chi connectivity index (χ4v) is 7.30. The van der Waals surface area contributed by atoms with Crippen LogP contribution in [-0.4, -0.2) is 76.3 Å². The molecule has 3 N–H and O–H groups in total. The standard InChI is InChI=1S/C28H33ClN6O3S/c1-34-10-8-21-24(15-34)39-27(33-21)26(37)32-23-14-35(28(38)16-4-2-3-5-16)11-9-20(23)31-25(36)22-13-17-12-18(29)6-7-19(17)30-22/h6-7,12-13,16,20,23,30H,2-5,8-11,14-15H2,1H3,(H,31,36)(H,32,37)/t20-,23+/m0/s1. The third-order valence-electron chi connectivity index (χ3n) is 8.21. The van der Waals surface area contributed by atoms with E-state index in [2.05, 4.69) is 32.5 Å². The van der Waals surface area contributed by atoms with Gasteiger partial charge in [-0.3, -0.25) is 14.4 Å². The maximum absolute atomic E-state index is 13.4. The van der Waals surface area contributed by atoms with Crippen molar-refractivity contribution in [3.05, 3.63) is 50.6 Å². The van der Waals surface area contributed by atoms with Gasteiger partial charge < -0.3 is 25.4 Å². The van der Waals surface area contributed by atoms with Gasteiger partial charge in [0.2, 0.25) is 5.91 Å². The highest BCUT2D eigenvalue weighted by molar-refractivity contribution is 7.13. The molecular formula is C28H33ClN6O3S. The molecule has 9 nitrogen and oxygen atoms in total. The molecule has 3 aromatic rings. The van der Waals surface area contributed by atoms with Gasteiger partial charge in [-0.05, 0) is 50.6 Å². The number of H-pyrrole nitrogens is 1. The Bertz CT molecular complexity index is 1410. The molecule has 39 heavy (non-hydrogen) atoms. The number of amides is 3. The fourth-order valence-electron chi connectivity index (χ4n) is 6.02. The number of likely N-dealkylation sites (N-methyl/N-ethyl adjacent to an activating group) is 1. The van der Waals surface area contributed by atoms with Crippen LogP contribution in [0, 0.1) is 5.92 Å². The average molecular weight is 569 g/mol. The van der Waals surface area contributed by atoms with Gasteiger partial charge in [-0.25, -0.2) is 4.98 Å². The second kappa shape index (κ2) is 10.9. The molecule has 1 aromatic carbocycles. The Kier molecular flexibility index (Phi) is 7.35. The van der Waals surface area contributed by atoms with E-state index >= 15 is 0 Å². The highest BCUT2D eigenvalue weighted by Gasteiger charge is 2.37. The molecule has 3 aliphatic rings. The normalized spacial score (nSPS) is 22.2. The zero-order valence-corrected chi connectivity index (χ0v) is 23.5. The van der Waals surface area contributed by atoms with Gasteiger partial charge in [-0.2, -0.15) is 0 Å². The molecule has 0 unspecified atom stereocenters. The summed E-state index contributed by atoms with van der Waals surface area (Å²) in [4.78, 5) is 52.9. The first-order valence-electron chi connectivity index (χ1n) is 13.7. The highest BCUT2D eigenvalue weighted by Crippen LogP contribution is 2.29. The number of carbonyl (C=O) groups excluding carboxylic acids is 3. The minimum Gasteiger partial charge on any atom is -0.351 e. The number of benzene rings is 1. The lowest BCUT2D eigenvalue weighted by Gasteiger charge is -2.40. The second-order valence-electron chi connectivity index (χ2n) is 11.0. The summed E-state index contributed by atoms with van der Waals surface area (Å²) in [5, 5.41) is 8.15. The molecule has 6 rings (SSSR count). The van der Waals surface area contributed by atoms with E-state index in [1.54, 1.807) is 12.1 Å². The van der Waals surface area contributed by atoms with Gasteiger partial charge in [-0.1, -0.05) is 24.4 Å². The first-order valence-corrected chi connectivity index (χ1v) is 14.9. The molecule has 2 aliphatic heterocycles. The van der Waals surface area contributed by atoms with Crippen molar-refractivity contribution in [1.82, 2.24) is 30.4 Å². The number of nitrogens with zero attached hydrogens (tertiary/aromatic N) is 3. The summed E-state index contributed by atoms with van der Waals surface area (Å²) >= 11 is 7.54. The first-order chi connectivity index (χ1) is 18.8. The van der Waals surface area contributed by atoms with E-state index in [1.807, 2.05) is 17.0 Å². The van der Waals surface area contributed by atoms with Gasteiger partial charge in [-0.15, -0.1) is 11.3 Å². The summed E-state index contributed by atoms with van der Waals surface area (Å²) in [5.41, 5.74) is 2.25. The Hall–Kier alpha value is -2.95. The van der Waals surface area contributed by atoms with Crippen LogP contribution < -0.4 is 10.6 Å². The second-order valence-corrected chi connectivity index (χ2v) is 12.5. The van der Waals surface area contributed by atoms with Crippen LogP contribution in [0.4, 0.5) is 0 Å². The number of aromatic nitrogens is 2. The van der Waals surface area contributed by atoms with Crippen LogP contribution >= 0.6 is 22.9 Å². The molecule has 4 heterocycles. The molecule has 3 amide bonds. The minimum absolute atomic E-state index is 0.0633. The topological polar surface area (TPSA) is 110 Å². The zero-order valence-electron chi connectivity index (χ0n) is 22.0.